The molecule has 26 heavy (non-hydrogen) atoms. The van der Waals surface area contributed by atoms with Gasteiger partial charge >= 0.3 is 0 Å². The monoisotopic (exact) mass is 369 g/mol. The van der Waals surface area contributed by atoms with Crippen molar-refractivity contribution in [1.29, 1.82) is 5.26 Å². The Kier molecular flexibility index (Phi) is 6.43. The van der Waals surface area contributed by atoms with Crippen LogP contribution in [0, 0.1) is 11.3 Å². The molecule has 2 aromatic carbocycles. The van der Waals surface area contributed by atoms with Crippen LogP contribution in [0.25, 0.3) is 6.08 Å². The Hall–Kier alpha value is -2.77. The molecule has 0 aliphatic rings. The number of carbonyl (C=O) groups excluding carboxylic acids is 1. The zero-order valence-electron chi connectivity index (χ0n) is 14.9. The van der Waals surface area contributed by atoms with Crippen molar-refractivity contribution in [2.24, 2.45) is 0 Å². The van der Waals surface area contributed by atoms with E-state index in [1.54, 1.807) is 19.1 Å². The summed E-state index contributed by atoms with van der Waals surface area (Å²) in [5, 5.41) is 19.4. The topological polar surface area (TPSA) is 70.3 Å². The molecule has 2 aromatic rings. The van der Waals surface area contributed by atoms with Gasteiger partial charge in [-0.15, -0.1) is 0 Å². The first kappa shape index (κ1) is 19.6. The SMILES string of the molecule is CCOc1cc(C=C(C#N)C(=O)c2ccc(C(C)C)cc2)cc(Cl)c1O. The molecule has 0 spiro atoms. The van der Waals surface area contributed by atoms with Crippen molar-refractivity contribution < 1.29 is 14.6 Å². The van der Waals surface area contributed by atoms with Crippen LogP contribution in [0.5, 0.6) is 11.5 Å². The first-order valence-corrected chi connectivity index (χ1v) is 8.66. The Morgan fingerprint density at radius 3 is 2.50 bits per heavy atom. The molecule has 0 aliphatic carbocycles. The minimum absolute atomic E-state index is 0.0218. The zero-order valence-corrected chi connectivity index (χ0v) is 15.7. The molecule has 4 nitrogen and oxygen atoms in total. The fourth-order valence-corrected chi connectivity index (χ4v) is 2.65. The van der Waals surface area contributed by atoms with Gasteiger partial charge in [-0.05, 0) is 42.2 Å². The fourth-order valence-electron chi connectivity index (χ4n) is 2.43. The molecule has 0 aromatic heterocycles. The van der Waals surface area contributed by atoms with Gasteiger partial charge in [0.15, 0.2) is 11.5 Å². The van der Waals surface area contributed by atoms with Gasteiger partial charge in [-0.3, -0.25) is 4.79 Å². The van der Waals surface area contributed by atoms with Gasteiger partial charge < -0.3 is 9.84 Å². The minimum atomic E-state index is -0.370. The van der Waals surface area contributed by atoms with Crippen LogP contribution < -0.4 is 4.74 Å². The third-order valence-corrected chi connectivity index (χ3v) is 4.15. The third kappa shape index (κ3) is 4.44. The van der Waals surface area contributed by atoms with E-state index in [1.165, 1.54) is 18.2 Å². The number of ketones is 1. The number of Topliss-reactive ketones (excluding diaryl/α,β-unsaturated/α-hetero) is 1. The van der Waals surface area contributed by atoms with E-state index in [4.69, 9.17) is 16.3 Å². The lowest BCUT2D eigenvalue weighted by Gasteiger charge is -2.09. The largest absolute Gasteiger partial charge is 0.503 e. The lowest BCUT2D eigenvalue weighted by Crippen LogP contribution is -2.02. The Morgan fingerprint density at radius 1 is 1.31 bits per heavy atom. The lowest BCUT2D eigenvalue weighted by molar-refractivity contribution is 0.104. The van der Waals surface area contributed by atoms with Crippen molar-refractivity contribution in [1.82, 2.24) is 0 Å². The average molecular weight is 370 g/mol. The number of aromatic hydroxyl groups is 1. The molecular weight excluding hydrogens is 350 g/mol. The van der Waals surface area contributed by atoms with Crippen LogP contribution in [0.2, 0.25) is 5.02 Å². The number of ether oxygens (including phenoxy) is 1. The number of allylic oxidation sites excluding steroid dienone is 1. The first-order valence-electron chi connectivity index (χ1n) is 8.29. The summed E-state index contributed by atoms with van der Waals surface area (Å²) in [6.45, 7) is 6.27. The van der Waals surface area contributed by atoms with Crippen LogP contribution in [0.1, 0.15) is 48.2 Å². The van der Waals surface area contributed by atoms with Gasteiger partial charge in [-0.25, -0.2) is 0 Å². The minimum Gasteiger partial charge on any atom is -0.503 e. The summed E-state index contributed by atoms with van der Waals surface area (Å²) in [6, 6.07) is 12.2. The molecule has 0 fully saturated rings. The molecule has 0 heterocycles. The number of benzene rings is 2. The molecule has 5 heteroatoms. The summed E-state index contributed by atoms with van der Waals surface area (Å²) < 4.78 is 5.32. The second kappa shape index (κ2) is 8.55. The summed E-state index contributed by atoms with van der Waals surface area (Å²) in [5.41, 5.74) is 2.04. The standard InChI is InChI=1S/C21H20ClNO3/c1-4-26-19-11-14(10-18(22)21(19)25)9-17(12-23)20(24)16-7-5-15(6-8-16)13(2)3/h5-11,13,25H,4H2,1-3H3. The molecule has 0 atom stereocenters. The maximum Gasteiger partial charge on any atom is 0.203 e. The Bertz CT molecular complexity index is 877. The van der Waals surface area contributed by atoms with Crippen molar-refractivity contribution in [3.8, 4) is 17.6 Å². The highest BCUT2D eigenvalue weighted by Gasteiger charge is 2.14. The second-order valence-corrected chi connectivity index (χ2v) is 6.47. The molecule has 134 valence electrons. The molecule has 0 unspecified atom stereocenters. The number of hydrogen-bond acceptors (Lipinski definition) is 4. The molecule has 2 rings (SSSR count). The van der Waals surface area contributed by atoms with E-state index in [-0.39, 0.29) is 27.9 Å². The van der Waals surface area contributed by atoms with E-state index in [0.717, 1.165) is 5.56 Å². The third-order valence-electron chi connectivity index (χ3n) is 3.87. The summed E-state index contributed by atoms with van der Waals surface area (Å²) in [7, 11) is 0. The number of phenols is 1. The number of rotatable bonds is 6. The van der Waals surface area contributed by atoms with E-state index in [1.807, 2.05) is 18.2 Å². The van der Waals surface area contributed by atoms with Crippen LogP contribution in [-0.4, -0.2) is 17.5 Å². The normalized spacial score (nSPS) is 11.3. The Labute approximate surface area is 158 Å². The molecule has 0 bridgehead atoms. The molecule has 1 N–H and O–H groups in total. The average Bonchev–Trinajstić information content (AvgIpc) is 2.63. The van der Waals surface area contributed by atoms with Crippen LogP contribution >= 0.6 is 11.6 Å². The van der Waals surface area contributed by atoms with Crippen LogP contribution in [0.4, 0.5) is 0 Å². The first-order chi connectivity index (χ1) is 12.4. The van der Waals surface area contributed by atoms with E-state index >= 15 is 0 Å². The summed E-state index contributed by atoms with van der Waals surface area (Å²) in [6.07, 6.45) is 1.44. The lowest BCUT2D eigenvalue weighted by atomic mass is 9.97. The van der Waals surface area contributed by atoms with Crippen LogP contribution in [-0.2, 0) is 0 Å². The maximum atomic E-state index is 12.6. The molecule has 0 radical (unpaired) electrons. The predicted molar refractivity (Wildman–Crippen MR) is 103 cm³/mol. The quantitative estimate of drug-likeness (QED) is 0.423. The summed E-state index contributed by atoms with van der Waals surface area (Å²) >= 11 is 6.00. The van der Waals surface area contributed by atoms with Crippen molar-refractivity contribution in [3.63, 3.8) is 0 Å². The van der Waals surface area contributed by atoms with Crippen LogP contribution in [0.15, 0.2) is 42.0 Å². The van der Waals surface area contributed by atoms with Crippen molar-refractivity contribution in [2.75, 3.05) is 6.61 Å². The number of phenolic OH excluding ortho intramolecular Hbond substituents is 1. The summed E-state index contributed by atoms with van der Waals surface area (Å²) in [4.78, 5) is 12.6. The highest BCUT2D eigenvalue weighted by Crippen LogP contribution is 2.36. The van der Waals surface area contributed by atoms with Gasteiger partial charge in [-0.1, -0.05) is 49.7 Å². The highest BCUT2D eigenvalue weighted by molar-refractivity contribution is 6.32. The van der Waals surface area contributed by atoms with Gasteiger partial charge in [0.25, 0.3) is 0 Å². The molecular formula is C21H20ClNO3. The Balaban J connectivity index is 2.38. The van der Waals surface area contributed by atoms with E-state index < -0.39 is 0 Å². The van der Waals surface area contributed by atoms with E-state index in [0.29, 0.717) is 23.7 Å². The van der Waals surface area contributed by atoms with Crippen molar-refractivity contribution >= 4 is 23.5 Å². The number of carbonyl (C=O) groups is 1. The van der Waals surface area contributed by atoms with Gasteiger partial charge in [0.2, 0.25) is 5.78 Å². The number of nitriles is 1. The van der Waals surface area contributed by atoms with Gasteiger partial charge in [0.05, 0.1) is 11.6 Å². The number of halogens is 1. The van der Waals surface area contributed by atoms with Crippen molar-refractivity contribution in [3.05, 3.63) is 63.7 Å². The van der Waals surface area contributed by atoms with E-state index in [9.17, 15) is 15.2 Å². The fraction of sp³-hybridized carbons (Fsp3) is 0.238. The highest BCUT2D eigenvalue weighted by atomic mass is 35.5. The smallest absolute Gasteiger partial charge is 0.203 e. The molecule has 0 aliphatic heterocycles. The van der Waals surface area contributed by atoms with Gasteiger partial charge in [-0.2, -0.15) is 5.26 Å². The second-order valence-electron chi connectivity index (χ2n) is 6.06. The van der Waals surface area contributed by atoms with Gasteiger partial charge in [0.1, 0.15) is 11.6 Å². The van der Waals surface area contributed by atoms with Gasteiger partial charge in [0, 0.05) is 5.56 Å². The van der Waals surface area contributed by atoms with Crippen molar-refractivity contribution in [2.45, 2.75) is 26.7 Å². The molecule has 0 amide bonds. The maximum absolute atomic E-state index is 12.6. The number of hydrogen-bond donors (Lipinski definition) is 1. The number of nitrogens with zero attached hydrogens (tertiary/aromatic N) is 1. The summed E-state index contributed by atoms with van der Waals surface area (Å²) in [5.74, 6) is 0.0308. The van der Waals surface area contributed by atoms with E-state index in [2.05, 4.69) is 13.8 Å². The zero-order chi connectivity index (χ0) is 19.3. The van der Waals surface area contributed by atoms with Crippen LogP contribution in [0.3, 0.4) is 0 Å². The predicted octanol–water partition coefficient (Wildman–Crippen LogP) is 5.36. The molecule has 0 saturated carbocycles. The molecule has 0 saturated heterocycles. The Morgan fingerprint density at radius 2 is 1.96 bits per heavy atom.